The van der Waals surface area contributed by atoms with Crippen LogP contribution >= 0.6 is 34.5 Å². The first-order valence-corrected chi connectivity index (χ1v) is 14.3. The number of rotatable bonds is 3. The zero-order valence-electron chi connectivity index (χ0n) is 21.4. The van der Waals surface area contributed by atoms with Crippen LogP contribution in [0.15, 0.2) is 66.0 Å². The van der Waals surface area contributed by atoms with Crippen molar-refractivity contribution < 1.29 is 9.90 Å². The smallest absolute Gasteiger partial charge is 0.280 e. The fraction of sp³-hybridized carbons (Fsp3) is 0.200. The van der Waals surface area contributed by atoms with Crippen molar-refractivity contribution in [2.45, 2.75) is 38.5 Å². The third kappa shape index (κ3) is 3.25. The Balaban J connectivity index is 1.60. The van der Waals surface area contributed by atoms with E-state index in [0.29, 0.717) is 32.7 Å². The summed E-state index contributed by atoms with van der Waals surface area (Å²) in [6.07, 6.45) is -1.16. The van der Waals surface area contributed by atoms with Gasteiger partial charge in [0.15, 0.2) is 11.9 Å². The molecule has 2 aliphatic heterocycles. The second-order valence-corrected chi connectivity index (χ2v) is 12.2. The number of benzene rings is 3. The summed E-state index contributed by atoms with van der Waals surface area (Å²) < 4.78 is 3.04. The fourth-order valence-electron chi connectivity index (χ4n) is 6.18. The van der Waals surface area contributed by atoms with E-state index in [1.165, 1.54) is 0 Å². The standard InChI is InChI=1S/C30H24Cl2N4O2S/c1-15(2)27-25-26(34-36(27)23-14-39-24-7-5-4-6-19(23)24)28(37)35(22-13-18(32)9-8-16(22)3)30(25)20-11-10-17(31)12-21(20)33-29(30)38/h4-15,29,33,38H,1-3H3. The average Bonchev–Trinajstić information content (AvgIpc) is 3.62. The predicted octanol–water partition coefficient (Wildman–Crippen LogP) is 7.47. The molecule has 5 aromatic rings. The number of thiophene rings is 1. The maximum absolute atomic E-state index is 14.5. The lowest BCUT2D eigenvalue weighted by Crippen LogP contribution is -2.53. The van der Waals surface area contributed by atoms with Crippen molar-refractivity contribution in [2.75, 3.05) is 10.2 Å². The van der Waals surface area contributed by atoms with E-state index >= 15 is 0 Å². The highest BCUT2D eigenvalue weighted by molar-refractivity contribution is 7.17. The van der Waals surface area contributed by atoms with E-state index in [1.807, 2.05) is 35.9 Å². The van der Waals surface area contributed by atoms with Crippen LogP contribution in [0.25, 0.3) is 15.8 Å². The minimum Gasteiger partial charge on any atom is -0.371 e. The molecule has 2 atom stereocenters. The van der Waals surface area contributed by atoms with Gasteiger partial charge in [0, 0.05) is 48.0 Å². The van der Waals surface area contributed by atoms with E-state index < -0.39 is 11.8 Å². The highest BCUT2D eigenvalue weighted by Crippen LogP contribution is 2.57. The highest BCUT2D eigenvalue weighted by Gasteiger charge is 2.63. The van der Waals surface area contributed by atoms with Gasteiger partial charge in [-0.2, -0.15) is 5.10 Å². The lowest BCUT2D eigenvalue weighted by atomic mass is 9.81. The number of aliphatic hydroxyl groups excluding tert-OH is 1. The number of aliphatic hydroxyl groups is 1. The van der Waals surface area contributed by atoms with Crippen LogP contribution in [0.2, 0.25) is 10.0 Å². The van der Waals surface area contributed by atoms with Crippen LogP contribution in [-0.4, -0.2) is 27.0 Å². The molecule has 3 aromatic carbocycles. The van der Waals surface area contributed by atoms with Crippen LogP contribution in [-0.2, 0) is 5.54 Å². The van der Waals surface area contributed by atoms with Gasteiger partial charge in [0.2, 0.25) is 0 Å². The summed E-state index contributed by atoms with van der Waals surface area (Å²) in [6, 6.07) is 19.1. The number of anilines is 2. The number of aryl methyl sites for hydroxylation is 1. The summed E-state index contributed by atoms with van der Waals surface area (Å²) in [4.78, 5) is 16.2. The lowest BCUT2D eigenvalue weighted by Gasteiger charge is -2.40. The van der Waals surface area contributed by atoms with Crippen molar-refractivity contribution >= 4 is 61.9 Å². The predicted molar refractivity (Wildman–Crippen MR) is 158 cm³/mol. The van der Waals surface area contributed by atoms with Crippen molar-refractivity contribution in [3.05, 3.63) is 104 Å². The van der Waals surface area contributed by atoms with Gasteiger partial charge in [-0.3, -0.25) is 9.69 Å². The zero-order valence-corrected chi connectivity index (χ0v) is 23.7. The monoisotopic (exact) mass is 574 g/mol. The molecule has 1 amide bonds. The molecule has 2 aromatic heterocycles. The van der Waals surface area contributed by atoms with Crippen LogP contribution in [0.1, 0.15) is 52.6 Å². The second kappa shape index (κ2) is 8.57. The van der Waals surface area contributed by atoms with E-state index in [9.17, 15) is 9.90 Å². The van der Waals surface area contributed by atoms with Crippen molar-refractivity contribution in [3.8, 4) is 5.69 Å². The molecule has 9 heteroatoms. The van der Waals surface area contributed by atoms with Crippen LogP contribution < -0.4 is 10.2 Å². The SMILES string of the molecule is Cc1ccc(Cl)cc1N1C(=O)c2nn(-c3csc4ccccc34)c(C(C)C)c2C12c1ccc(Cl)cc1NC2O. The molecule has 6 nitrogen and oxygen atoms in total. The molecule has 0 saturated heterocycles. The Hall–Kier alpha value is -3.36. The zero-order chi connectivity index (χ0) is 27.2. The lowest BCUT2D eigenvalue weighted by molar-refractivity contribution is 0.0916. The normalized spacial score (nSPS) is 19.8. The Morgan fingerprint density at radius 3 is 2.59 bits per heavy atom. The van der Waals surface area contributed by atoms with Gasteiger partial charge in [-0.25, -0.2) is 4.68 Å². The first kappa shape index (κ1) is 24.7. The third-order valence-electron chi connectivity index (χ3n) is 7.79. The number of nitrogens with one attached hydrogen (secondary N) is 1. The first-order chi connectivity index (χ1) is 18.7. The van der Waals surface area contributed by atoms with Crippen molar-refractivity contribution in [1.82, 2.24) is 9.78 Å². The summed E-state index contributed by atoms with van der Waals surface area (Å²) in [6.45, 7) is 6.11. The number of nitrogens with zero attached hydrogens (tertiary/aromatic N) is 3. The molecule has 0 bridgehead atoms. The molecule has 2 N–H and O–H groups in total. The number of halogens is 2. The van der Waals surface area contributed by atoms with E-state index in [-0.39, 0.29) is 11.8 Å². The Kier molecular flexibility index (Phi) is 5.42. The Bertz CT molecular complexity index is 1830. The number of hydrogen-bond donors (Lipinski definition) is 2. The van der Waals surface area contributed by atoms with Gasteiger partial charge < -0.3 is 10.4 Å². The summed E-state index contributed by atoms with van der Waals surface area (Å²) in [7, 11) is 0. The van der Waals surface area contributed by atoms with E-state index in [0.717, 1.165) is 32.6 Å². The molecule has 0 fully saturated rings. The van der Waals surface area contributed by atoms with E-state index in [2.05, 4.69) is 36.7 Å². The van der Waals surface area contributed by atoms with Gasteiger partial charge in [-0.05, 0) is 48.7 Å². The number of hydrogen-bond acceptors (Lipinski definition) is 5. The highest BCUT2D eigenvalue weighted by atomic mass is 35.5. The molecule has 1 spiro atoms. The average molecular weight is 576 g/mol. The van der Waals surface area contributed by atoms with Crippen LogP contribution in [0.5, 0.6) is 0 Å². The van der Waals surface area contributed by atoms with Gasteiger partial charge in [-0.15, -0.1) is 11.3 Å². The molecular formula is C30H24Cl2N4O2S. The van der Waals surface area contributed by atoms with Gasteiger partial charge in [0.05, 0.1) is 11.4 Å². The number of carbonyl (C=O) groups is 1. The molecule has 2 aliphatic rings. The third-order valence-corrected chi connectivity index (χ3v) is 9.21. The Labute approximate surface area is 239 Å². The summed E-state index contributed by atoms with van der Waals surface area (Å²) in [5.74, 6) is -0.312. The van der Waals surface area contributed by atoms with Crippen LogP contribution in [0, 0.1) is 6.92 Å². The summed E-state index contributed by atoms with van der Waals surface area (Å²) in [5, 5.41) is 24.3. The Morgan fingerprint density at radius 1 is 1.05 bits per heavy atom. The molecule has 0 aliphatic carbocycles. The molecule has 39 heavy (non-hydrogen) atoms. The van der Waals surface area contributed by atoms with Crippen molar-refractivity contribution in [2.24, 2.45) is 0 Å². The number of amides is 1. The molecule has 4 heterocycles. The molecule has 196 valence electrons. The second-order valence-electron chi connectivity index (χ2n) is 10.4. The van der Waals surface area contributed by atoms with E-state index in [1.54, 1.807) is 40.5 Å². The van der Waals surface area contributed by atoms with Gasteiger partial charge in [0.1, 0.15) is 5.54 Å². The molecule has 2 unspecified atom stereocenters. The van der Waals surface area contributed by atoms with Gasteiger partial charge >= 0.3 is 0 Å². The van der Waals surface area contributed by atoms with Crippen LogP contribution in [0.4, 0.5) is 11.4 Å². The van der Waals surface area contributed by atoms with Gasteiger partial charge in [0.25, 0.3) is 5.91 Å². The maximum Gasteiger partial charge on any atom is 0.280 e. The quantitative estimate of drug-likeness (QED) is 0.234. The number of carbonyl (C=O) groups excluding carboxylic acids is 1. The fourth-order valence-corrected chi connectivity index (χ4v) is 7.44. The van der Waals surface area contributed by atoms with E-state index in [4.69, 9.17) is 28.3 Å². The van der Waals surface area contributed by atoms with Gasteiger partial charge in [-0.1, -0.05) is 67.4 Å². The summed E-state index contributed by atoms with van der Waals surface area (Å²) in [5.41, 5.74) is 4.41. The first-order valence-electron chi connectivity index (χ1n) is 12.7. The largest absolute Gasteiger partial charge is 0.371 e. The topological polar surface area (TPSA) is 70.4 Å². The minimum atomic E-state index is -1.29. The summed E-state index contributed by atoms with van der Waals surface area (Å²) >= 11 is 14.5. The Morgan fingerprint density at radius 2 is 1.79 bits per heavy atom. The molecular weight excluding hydrogens is 551 g/mol. The molecule has 7 rings (SSSR count). The molecule has 0 saturated carbocycles. The van der Waals surface area contributed by atoms with Crippen molar-refractivity contribution in [1.29, 1.82) is 0 Å². The molecule has 0 radical (unpaired) electrons. The minimum absolute atomic E-state index is 0.0199. The number of aromatic nitrogens is 2. The van der Waals surface area contributed by atoms with Crippen LogP contribution in [0.3, 0.4) is 0 Å². The maximum atomic E-state index is 14.5. The number of fused-ring (bicyclic) bond motifs is 5. The van der Waals surface area contributed by atoms with Crippen molar-refractivity contribution in [3.63, 3.8) is 0 Å².